The first-order valence-corrected chi connectivity index (χ1v) is 10.9. The van der Waals surface area contributed by atoms with E-state index in [1.807, 2.05) is 12.1 Å². The molecule has 1 aromatic carbocycles. The Morgan fingerprint density at radius 2 is 2.03 bits per heavy atom. The smallest absolute Gasteiger partial charge is 0.227 e. The fraction of sp³-hybridized carbons (Fsp3) is 0.652. The van der Waals surface area contributed by atoms with Gasteiger partial charge in [-0.05, 0) is 74.3 Å². The summed E-state index contributed by atoms with van der Waals surface area (Å²) in [6.45, 7) is 0.703. The van der Waals surface area contributed by atoms with E-state index in [0.29, 0.717) is 42.7 Å². The fourth-order valence-electron chi connectivity index (χ4n) is 7.04. The van der Waals surface area contributed by atoms with E-state index in [-0.39, 0.29) is 17.2 Å². The molecule has 2 atom stereocenters. The number of amides is 2. The number of anilines is 2. The summed E-state index contributed by atoms with van der Waals surface area (Å²) in [5, 5.41) is 13.9. The molecular formula is C23H30N2O4. The third-order valence-electron chi connectivity index (χ3n) is 7.51. The van der Waals surface area contributed by atoms with Gasteiger partial charge in [-0.1, -0.05) is 0 Å². The maximum Gasteiger partial charge on any atom is 0.227 e. The molecule has 6 nitrogen and oxygen atoms in total. The third kappa shape index (κ3) is 3.41. The number of methoxy groups -OCH3 is 1. The SMILES string of the molecule is COc1cc(NC(=O)CC23CC4CC(CC(O)(C4)C2)C3)ccc1N1CCCC1=O. The minimum Gasteiger partial charge on any atom is -0.494 e. The average Bonchev–Trinajstić information content (AvgIpc) is 3.04. The molecule has 4 saturated carbocycles. The monoisotopic (exact) mass is 398 g/mol. The highest BCUT2D eigenvalue weighted by Gasteiger charge is 2.57. The van der Waals surface area contributed by atoms with Crippen molar-refractivity contribution in [1.29, 1.82) is 0 Å². The number of rotatable bonds is 5. The summed E-state index contributed by atoms with van der Waals surface area (Å²) >= 11 is 0. The van der Waals surface area contributed by atoms with Crippen molar-refractivity contribution in [3.63, 3.8) is 0 Å². The van der Waals surface area contributed by atoms with Crippen LogP contribution in [0.25, 0.3) is 0 Å². The number of nitrogens with one attached hydrogen (secondary N) is 1. The number of benzene rings is 1. The van der Waals surface area contributed by atoms with Gasteiger partial charge in [-0.3, -0.25) is 9.59 Å². The standard InChI is InChI=1S/C23H30N2O4/c1-29-19-8-17(4-5-18(19)25-6-2-3-21(25)27)24-20(26)13-22-9-15-7-16(10-22)12-23(28,11-15)14-22/h4-5,8,15-16,28H,2-3,6-7,9-14H2,1H3,(H,24,26). The lowest BCUT2D eigenvalue weighted by molar-refractivity contribution is -0.167. The molecule has 1 aromatic rings. The van der Waals surface area contributed by atoms with Crippen molar-refractivity contribution in [1.82, 2.24) is 0 Å². The topological polar surface area (TPSA) is 78.9 Å². The second-order valence-corrected chi connectivity index (χ2v) is 9.95. The molecule has 0 spiro atoms. The molecule has 2 unspecified atom stereocenters. The maximum absolute atomic E-state index is 12.9. The number of nitrogens with zero attached hydrogens (tertiary/aromatic N) is 1. The zero-order valence-electron chi connectivity index (χ0n) is 17.1. The lowest BCUT2D eigenvalue weighted by Gasteiger charge is -2.60. The Morgan fingerprint density at radius 1 is 1.28 bits per heavy atom. The van der Waals surface area contributed by atoms with Crippen LogP contribution in [0.5, 0.6) is 5.75 Å². The molecule has 2 N–H and O–H groups in total. The van der Waals surface area contributed by atoms with E-state index in [0.717, 1.165) is 44.2 Å². The van der Waals surface area contributed by atoms with Gasteiger partial charge in [-0.15, -0.1) is 0 Å². The Kier molecular flexibility index (Phi) is 4.39. The summed E-state index contributed by atoms with van der Waals surface area (Å²) < 4.78 is 5.50. The van der Waals surface area contributed by atoms with Gasteiger partial charge in [-0.25, -0.2) is 0 Å². The summed E-state index contributed by atoms with van der Waals surface area (Å²) in [5.74, 6) is 1.86. The van der Waals surface area contributed by atoms with E-state index in [1.165, 1.54) is 6.42 Å². The maximum atomic E-state index is 12.9. The average molecular weight is 399 g/mol. The van der Waals surface area contributed by atoms with Gasteiger partial charge in [0.2, 0.25) is 11.8 Å². The molecule has 1 saturated heterocycles. The van der Waals surface area contributed by atoms with Crippen LogP contribution >= 0.6 is 0 Å². The van der Waals surface area contributed by atoms with E-state index in [2.05, 4.69) is 5.32 Å². The Balaban J connectivity index is 1.29. The zero-order chi connectivity index (χ0) is 20.2. The van der Waals surface area contributed by atoms with Crippen LogP contribution in [0.2, 0.25) is 0 Å². The van der Waals surface area contributed by atoms with Crippen molar-refractivity contribution in [2.45, 2.75) is 63.4 Å². The first-order chi connectivity index (χ1) is 13.9. The minimum absolute atomic E-state index is 0.00241. The van der Waals surface area contributed by atoms with Crippen LogP contribution in [-0.4, -0.2) is 36.2 Å². The van der Waals surface area contributed by atoms with E-state index in [4.69, 9.17) is 4.74 Å². The van der Waals surface area contributed by atoms with Gasteiger partial charge in [0.05, 0.1) is 18.4 Å². The quantitative estimate of drug-likeness (QED) is 0.796. The van der Waals surface area contributed by atoms with Gasteiger partial charge < -0.3 is 20.1 Å². The van der Waals surface area contributed by atoms with Crippen molar-refractivity contribution < 1.29 is 19.4 Å². The largest absolute Gasteiger partial charge is 0.494 e. The van der Waals surface area contributed by atoms with Crippen LogP contribution in [0, 0.1) is 17.3 Å². The van der Waals surface area contributed by atoms with Crippen molar-refractivity contribution in [3.8, 4) is 5.75 Å². The zero-order valence-corrected chi connectivity index (χ0v) is 17.1. The summed E-state index contributed by atoms with van der Waals surface area (Å²) in [7, 11) is 1.58. The lowest BCUT2D eigenvalue weighted by Crippen LogP contribution is -2.56. The molecule has 1 aliphatic heterocycles. The van der Waals surface area contributed by atoms with Crippen LogP contribution in [0.15, 0.2) is 18.2 Å². The first kappa shape index (κ1) is 18.9. The molecule has 5 aliphatic rings. The summed E-state index contributed by atoms with van der Waals surface area (Å²) in [5.41, 5.74) is 0.855. The molecule has 0 radical (unpaired) electrons. The highest BCUT2D eigenvalue weighted by Crippen LogP contribution is 2.62. The number of carbonyl (C=O) groups excluding carboxylic acids is 2. The molecule has 5 fully saturated rings. The second kappa shape index (κ2) is 6.73. The number of hydrogen-bond acceptors (Lipinski definition) is 4. The molecule has 29 heavy (non-hydrogen) atoms. The van der Waals surface area contributed by atoms with Crippen LogP contribution in [0.4, 0.5) is 11.4 Å². The van der Waals surface area contributed by atoms with Gasteiger partial charge in [0.15, 0.2) is 0 Å². The molecule has 4 bridgehead atoms. The van der Waals surface area contributed by atoms with Crippen molar-refractivity contribution in [2.24, 2.45) is 17.3 Å². The molecule has 156 valence electrons. The molecular weight excluding hydrogens is 368 g/mol. The number of aliphatic hydroxyl groups is 1. The van der Waals surface area contributed by atoms with Crippen LogP contribution in [0.1, 0.15) is 57.8 Å². The predicted molar refractivity (Wildman–Crippen MR) is 110 cm³/mol. The predicted octanol–water partition coefficient (Wildman–Crippen LogP) is 3.48. The Bertz CT molecular complexity index is 837. The normalized spacial score (nSPS) is 35.2. The Hall–Kier alpha value is -2.08. The highest BCUT2D eigenvalue weighted by molar-refractivity contribution is 5.98. The molecule has 6 heteroatoms. The van der Waals surface area contributed by atoms with Crippen LogP contribution < -0.4 is 15.0 Å². The number of carbonyl (C=O) groups is 2. The van der Waals surface area contributed by atoms with Gasteiger partial charge >= 0.3 is 0 Å². The molecule has 4 aliphatic carbocycles. The molecule has 6 rings (SSSR count). The highest BCUT2D eigenvalue weighted by atomic mass is 16.5. The van der Waals surface area contributed by atoms with Gasteiger partial charge in [0, 0.05) is 31.1 Å². The Morgan fingerprint density at radius 3 is 2.66 bits per heavy atom. The van der Waals surface area contributed by atoms with E-state index < -0.39 is 5.60 Å². The molecule has 1 heterocycles. The van der Waals surface area contributed by atoms with Gasteiger partial charge in [0.1, 0.15) is 5.75 Å². The van der Waals surface area contributed by atoms with E-state index in [9.17, 15) is 14.7 Å². The van der Waals surface area contributed by atoms with E-state index in [1.54, 1.807) is 18.1 Å². The van der Waals surface area contributed by atoms with E-state index >= 15 is 0 Å². The number of hydrogen-bond donors (Lipinski definition) is 2. The molecule has 2 amide bonds. The summed E-state index contributed by atoms with van der Waals surface area (Å²) in [6.07, 6.45) is 7.85. The van der Waals surface area contributed by atoms with Crippen molar-refractivity contribution >= 4 is 23.2 Å². The summed E-state index contributed by atoms with van der Waals surface area (Å²) in [6, 6.07) is 5.49. The van der Waals surface area contributed by atoms with Gasteiger partial charge in [0.25, 0.3) is 0 Å². The third-order valence-corrected chi connectivity index (χ3v) is 7.51. The van der Waals surface area contributed by atoms with Crippen LogP contribution in [-0.2, 0) is 9.59 Å². The number of ether oxygens (including phenoxy) is 1. The van der Waals surface area contributed by atoms with Crippen molar-refractivity contribution in [2.75, 3.05) is 23.9 Å². The second-order valence-electron chi connectivity index (χ2n) is 9.95. The van der Waals surface area contributed by atoms with Crippen molar-refractivity contribution in [3.05, 3.63) is 18.2 Å². The first-order valence-electron chi connectivity index (χ1n) is 10.9. The van der Waals surface area contributed by atoms with Gasteiger partial charge in [-0.2, -0.15) is 0 Å². The summed E-state index contributed by atoms with van der Waals surface area (Å²) in [4.78, 5) is 26.7. The minimum atomic E-state index is -0.544. The Labute approximate surface area is 171 Å². The fourth-order valence-corrected chi connectivity index (χ4v) is 7.04. The lowest BCUT2D eigenvalue weighted by atomic mass is 9.47. The van der Waals surface area contributed by atoms with Crippen LogP contribution in [0.3, 0.4) is 0 Å². The molecule has 0 aromatic heterocycles.